The van der Waals surface area contributed by atoms with E-state index < -0.39 is 8.32 Å². The molecule has 0 aromatic rings. The largest absolute Gasteiger partial charge is 0.414 e. The molecule has 2 aliphatic rings. The van der Waals surface area contributed by atoms with Crippen molar-refractivity contribution in [2.24, 2.45) is 5.41 Å². The van der Waals surface area contributed by atoms with Crippen LogP contribution in [0.2, 0.25) is 18.1 Å². The molecule has 0 bridgehead atoms. The molecule has 1 aliphatic heterocycles. The molecule has 3 nitrogen and oxygen atoms in total. The average Bonchev–Trinajstić information content (AvgIpc) is 2.76. The summed E-state index contributed by atoms with van der Waals surface area (Å²) in [5.41, 5.74) is -0.318. The van der Waals surface area contributed by atoms with E-state index in [1.807, 2.05) is 6.08 Å². The van der Waals surface area contributed by atoms with Gasteiger partial charge in [0.05, 0.1) is 24.2 Å². The molecule has 0 aromatic carbocycles. The van der Waals surface area contributed by atoms with E-state index in [2.05, 4.69) is 40.4 Å². The van der Waals surface area contributed by atoms with Crippen LogP contribution in [0.3, 0.4) is 0 Å². The Bertz CT molecular complexity index is 438. The van der Waals surface area contributed by atoms with Crippen LogP contribution < -0.4 is 0 Å². The van der Waals surface area contributed by atoms with Crippen molar-refractivity contribution in [2.45, 2.75) is 83.2 Å². The van der Waals surface area contributed by atoms with Crippen molar-refractivity contribution in [3.05, 3.63) is 12.7 Å². The van der Waals surface area contributed by atoms with Gasteiger partial charge in [0.15, 0.2) is 8.32 Å². The first-order valence-electron chi connectivity index (χ1n) is 8.56. The number of hydrogen-bond acceptors (Lipinski definition) is 3. The molecule has 4 heteroatoms. The third-order valence-corrected chi connectivity index (χ3v) is 10.4. The topological polar surface area (TPSA) is 35.5 Å². The summed E-state index contributed by atoms with van der Waals surface area (Å²) in [6.07, 6.45) is 6.21. The van der Waals surface area contributed by atoms with Gasteiger partial charge in [0.2, 0.25) is 0 Å². The Morgan fingerprint density at radius 3 is 2.73 bits per heavy atom. The summed E-state index contributed by atoms with van der Waals surface area (Å²) in [5, 5.41) is 0.201. The maximum absolute atomic E-state index is 12.5. The van der Waals surface area contributed by atoms with Gasteiger partial charge in [-0.25, -0.2) is 0 Å². The molecule has 0 spiro atoms. The summed E-state index contributed by atoms with van der Waals surface area (Å²) >= 11 is 0. The van der Waals surface area contributed by atoms with Crippen molar-refractivity contribution >= 4 is 14.1 Å². The highest BCUT2D eigenvalue weighted by Gasteiger charge is 2.54. The number of ketones is 1. The predicted octanol–water partition coefficient (Wildman–Crippen LogP) is 4.48. The fourth-order valence-corrected chi connectivity index (χ4v) is 4.52. The van der Waals surface area contributed by atoms with Gasteiger partial charge in [-0.1, -0.05) is 26.8 Å². The molecule has 0 unspecified atom stereocenters. The number of rotatable bonds is 5. The van der Waals surface area contributed by atoms with Crippen LogP contribution in [0.5, 0.6) is 0 Å². The molecule has 0 N–H and O–H groups in total. The summed E-state index contributed by atoms with van der Waals surface area (Å²) < 4.78 is 12.5. The van der Waals surface area contributed by atoms with Crippen molar-refractivity contribution in [3.63, 3.8) is 0 Å². The molecule has 126 valence electrons. The lowest BCUT2D eigenvalue weighted by Gasteiger charge is -2.36. The number of Topliss-reactive ketones (excluding diaryl/α,β-unsaturated/α-hetero) is 1. The summed E-state index contributed by atoms with van der Waals surface area (Å²) in [7, 11) is -1.77. The van der Waals surface area contributed by atoms with Gasteiger partial charge in [-0.2, -0.15) is 0 Å². The molecule has 2 fully saturated rings. The van der Waals surface area contributed by atoms with Crippen LogP contribution in [0.25, 0.3) is 0 Å². The lowest BCUT2D eigenvalue weighted by atomic mass is 9.67. The first-order valence-corrected chi connectivity index (χ1v) is 11.5. The third-order valence-electron chi connectivity index (χ3n) is 5.94. The monoisotopic (exact) mass is 324 g/mol. The lowest BCUT2D eigenvalue weighted by molar-refractivity contribution is -0.135. The van der Waals surface area contributed by atoms with E-state index >= 15 is 0 Å². The molecule has 1 saturated carbocycles. The predicted molar refractivity (Wildman–Crippen MR) is 92.5 cm³/mol. The van der Waals surface area contributed by atoms with E-state index in [-0.39, 0.29) is 22.7 Å². The number of carbonyl (C=O) groups is 1. The Balaban J connectivity index is 2.04. The molecular formula is C18H32O3Si. The molecule has 0 aromatic heterocycles. The summed E-state index contributed by atoms with van der Waals surface area (Å²) in [6, 6.07) is 0. The fourth-order valence-electron chi connectivity index (χ4n) is 3.49. The molecule has 0 amide bonds. The summed E-state index contributed by atoms with van der Waals surface area (Å²) in [5.74, 6) is 0.374. The van der Waals surface area contributed by atoms with Gasteiger partial charge in [0, 0.05) is 6.42 Å². The molecule has 1 saturated heterocycles. The van der Waals surface area contributed by atoms with Crippen molar-refractivity contribution < 1.29 is 14.0 Å². The second kappa shape index (κ2) is 6.21. The Morgan fingerprint density at radius 2 is 2.14 bits per heavy atom. The zero-order valence-electron chi connectivity index (χ0n) is 14.9. The minimum Gasteiger partial charge on any atom is -0.414 e. The van der Waals surface area contributed by atoms with Crippen molar-refractivity contribution in [1.82, 2.24) is 0 Å². The normalized spacial score (nSPS) is 32.9. The zero-order valence-corrected chi connectivity index (χ0v) is 15.9. The molecular weight excluding hydrogens is 292 g/mol. The zero-order chi connectivity index (χ0) is 16.6. The van der Waals surface area contributed by atoms with Gasteiger partial charge in [-0.15, -0.1) is 6.58 Å². The summed E-state index contributed by atoms with van der Waals surface area (Å²) in [6.45, 7) is 15.7. The lowest BCUT2D eigenvalue weighted by Crippen LogP contribution is -2.42. The van der Waals surface area contributed by atoms with Gasteiger partial charge < -0.3 is 9.16 Å². The van der Waals surface area contributed by atoms with Crippen LogP contribution in [-0.4, -0.2) is 32.9 Å². The van der Waals surface area contributed by atoms with Crippen molar-refractivity contribution in [1.29, 1.82) is 0 Å². The second-order valence-electron chi connectivity index (χ2n) is 8.49. The van der Waals surface area contributed by atoms with Crippen LogP contribution in [0.15, 0.2) is 12.7 Å². The van der Waals surface area contributed by atoms with Crippen LogP contribution in [0.4, 0.5) is 0 Å². The number of hydrogen-bond donors (Lipinski definition) is 0. The molecule has 1 aliphatic carbocycles. The SMILES string of the molecule is C=CC[C@]12C[C@@H](CO[Si](C)(C)C(C)(C)C)O[C@@H]1CCCC2=O. The van der Waals surface area contributed by atoms with E-state index in [0.29, 0.717) is 18.8 Å². The maximum atomic E-state index is 12.5. The highest BCUT2D eigenvalue weighted by molar-refractivity contribution is 6.74. The van der Waals surface area contributed by atoms with Crippen LogP contribution in [0, 0.1) is 5.41 Å². The first kappa shape index (κ1) is 17.9. The van der Waals surface area contributed by atoms with E-state index in [9.17, 15) is 4.79 Å². The Hall–Kier alpha value is -0.453. The minimum absolute atomic E-state index is 0.0566. The first-order chi connectivity index (χ1) is 10.1. The molecule has 1 heterocycles. The molecule has 3 atom stereocenters. The molecule has 22 heavy (non-hydrogen) atoms. The number of fused-ring (bicyclic) bond motifs is 1. The van der Waals surface area contributed by atoms with Gasteiger partial charge in [-0.05, 0) is 43.8 Å². The maximum Gasteiger partial charge on any atom is 0.192 e. The minimum atomic E-state index is -1.77. The van der Waals surface area contributed by atoms with Crippen molar-refractivity contribution in [2.75, 3.05) is 6.61 Å². The van der Waals surface area contributed by atoms with E-state index in [0.717, 1.165) is 25.7 Å². The van der Waals surface area contributed by atoms with Crippen LogP contribution >= 0.6 is 0 Å². The van der Waals surface area contributed by atoms with Gasteiger partial charge in [-0.3, -0.25) is 4.79 Å². The van der Waals surface area contributed by atoms with E-state index in [1.54, 1.807) is 0 Å². The van der Waals surface area contributed by atoms with E-state index in [4.69, 9.17) is 9.16 Å². The van der Waals surface area contributed by atoms with Gasteiger partial charge in [0.1, 0.15) is 5.78 Å². The van der Waals surface area contributed by atoms with E-state index in [1.165, 1.54) is 0 Å². The smallest absolute Gasteiger partial charge is 0.192 e. The number of carbonyl (C=O) groups excluding carboxylic acids is 1. The van der Waals surface area contributed by atoms with Crippen LogP contribution in [0.1, 0.15) is 52.9 Å². The molecule has 0 radical (unpaired) electrons. The molecule has 2 rings (SSSR count). The fraction of sp³-hybridized carbons (Fsp3) is 0.833. The third kappa shape index (κ3) is 3.24. The Labute approximate surface area is 136 Å². The van der Waals surface area contributed by atoms with Gasteiger partial charge >= 0.3 is 0 Å². The Kier molecular flexibility index (Phi) is 5.05. The highest BCUT2D eigenvalue weighted by atomic mass is 28.4. The van der Waals surface area contributed by atoms with Gasteiger partial charge in [0.25, 0.3) is 0 Å². The Morgan fingerprint density at radius 1 is 1.45 bits per heavy atom. The standard InChI is InChI=1S/C18H32O3Si/c1-7-11-18-12-14(13-20-22(5,6)17(2,3)4)21-16(18)10-8-9-15(18)19/h7,14,16H,1,8-13H2,2-6H3/t14-,16+,18+/m0/s1. The highest BCUT2D eigenvalue weighted by Crippen LogP contribution is 2.49. The van der Waals surface area contributed by atoms with Crippen molar-refractivity contribution in [3.8, 4) is 0 Å². The second-order valence-corrected chi connectivity index (χ2v) is 13.3. The summed E-state index contributed by atoms with van der Waals surface area (Å²) in [4.78, 5) is 12.5. The number of allylic oxidation sites excluding steroid dienone is 1. The average molecular weight is 325 g/mol. The van der Waals surface area contributed by atoms with Crippen LogP contribution in [-0.2, 0) is 14.0 Å². The number of ether oxygens (including phenoxy) is 1. The quantitative estimate of drug-likeness (QED) is 0.552.